The molecule has 0 spiro atoms. The first-order valence-corrected chi connectivity index (χ1v) is 5.13. The summed E-state index contributed by atoms with van der Waals surface area (Å²) < 4.78 is 12.8. The molecule has 6 heteroatoms. The number of Topliss-reactive ketones (excluding diaryl/α,β-unsaturated/α-hetero) is 1. The van der Waals surface area contributed by atoms with E-state index in [-0.39, 0.29) is 12.0 Å². The first-order valence-electron chi connectivity index (χ1n) is 4.59. The summed E-state index contributed by atoms with van der Waals surface area (Å²) in [6, 6.07) is 2.90. The molecule has 0 fully saturated rings. The van der Waals surface area contributed by atoms with Gasteiger partial charge in [-0.1, -0.05) is 0 Å². The van der Waals surface area contributed by atoms with Gasteiger partial charge in [-0.05, 0) is 18.6 Å². The minimum atomic E-state index is -0.767. The Morgan fingerprint density at radius 1 is 1.50 bits per heavy atom. The molecule has 0 saturated carbocycles. The second-order valence-electron chi connectivity index (χ2n) is 3.13. The lowest BCUT2D eigenvalue weighted by Gasteiger charge is -2.01. The number of nitro groups is 1. The summed E-state index contributed by atoms with van der Waals surface area (Å²) in [6.07, 6.45) is 0.560. The van der Waals surface area contributed by atoms with Crippen molar-refractivity contribution in [3.63, 3.8) is 0 Å². The number of ketones is 1. The van der Waals surface area contributed by atoms with Gasteiger partial charge in [-0.2, -0.15) is 0 Å². The molecule has 4 nitrogen and oxygen atoms in total. The average molecular weight is 246 g/mol. The summed E-state index contributed by atoms with van der Waals surface area (Å²) in [5.74, 6) is -0.825. The third-order valence-electron chi connectivity index (χ3n) is 1.99. The highest BCUT2D eigenvalue weighted by Gasteiger charge is 2.20. The van der Waals surface area contributed by atoms with E-state index in [1.807, 2.05) is 0 Å². The van der Waals surface area contributed by atoms with Gasteiger partial charge in [-0.3, -0.25) is 14.9 Å². The zero-order valence-electron chi connectivity index (χ0n) is 8.28. The number of benzene rings is 1. The molecular weight excluding hydrogens is 237 g/mol. The van der Waals surface area contributed by atoms with Crippen molar-refractivity contribution < 1.29 is 14.1 Å². The molecular formula is C10H9ClFNO3. The number of hydrogen-bond donors (Lipinski definition) is 0. The molecule has 0 amide bonds. The third kappa shape index (κ3) is 3.00. The van der Waals surface area contributed by atoms with Crippen molar-refractivity contribution in [1.82, 2.24) is 0 Å². The van der Waals surface area contributed by atoms with Gasteiger partial charge in [0.2, 0.25) is 0 Å². The van der Waals surface area contributed by atoms with E-state index in [4.69, 9.17) is 11.6 Å². The van der Waals surface area contributed by atoms with Crippen molar-refractivity contribution in [1.29, 1.82) is 0 Å². The Bertz CT molecular complexity index is 423. The topological polar surface area (TPSA) is 60.2 Å². The number of rotatable bonds is 5. The number of nitrogens with zero attached hydrogens (tertiary/aromatic N) is 1. The largest absolute Gasteiger partial charge is 0.294 e. The monoisotopic (exact) mass is 245 g/mol. The standard InChI is InChI=1S/C10H9ClFNO3/c11-5-1-2-10(14)8-4-3-7(12)6-9(8)13(15)16/h3-4,6H,1-2,5H2. The number of hydrogen-bond acceptors (Lipinski definition) is 3. The van der Waals surface area contributed by atoms with Gasteiger partial charge in [0.1, 0.15) is 5.82 Å². The molecule has 0 atom stereocenters. The molecule has 0 heterocycles. The quantitative estimate of drug-likeness (QED) is 0.347. The van der Waals surface area contributed by atoms with Crippen molar-refractivity contribution in [2.24, 2.45) is 0 Å². The molecule has 1 rings (SSSR count). The lowest BCUT2D eigenvalue weighted by atomic mass is 10.1. The predicted octanol–water partition coefficient (Wildman–Crippen LogP) is 2.94. The van der Waals surface area contributed by atoms with Crippen molar-refractivity contribution >= 4 is 23.1 Å². The van der Waals surface area contributed by atoms with Crippen molar-refractivity contribution in [3.8, 4) is 0 Å². The van der Waals surface area contributed by atoms with E-state index in [1.54, 1.807) is 0 Å². The van der Waals surface area contributed by atoms with E-state index in [0.29, 0.717) is 12.3 Å². The van der Waals surface area contributed by atoms with Crippen LogP contribution in [0.15, 0.2) is 18.2 Å². The lowest BCUT2D eigenvalue weighted by molar-refractivity contribution is -0.385. The van der Waals surface area contributed by atoms with Crippen LogP contribution in [0.1, 0.15) is 23.2 Å². The highest BCUT2D eigenvalue weighted by Crippen LogP contribution is 2.21. The lowest BCUT2D eigenvalue weighted by Crippen LogP contribution is -2.04. The van der Waals surface area contributed by atoms with Crippen LogP contribution in [-0.2, 0) is 0 Å². The molecule has 0 aromatic heterocycles. The number of alkyl halides is 1. The van der Waals surface area contributed by atoms with Crippen LogP contribution >= 0.6 is 11.6 Å². The maximum Gasteiger partial charge on any atom is 0.283 e. The van der Waals surface area contributed by atoms with E-state index in [1.165, 1.54) is 0 Å². The van der Waals surface area contributed by atoms with E-state index in [0.717, 1.165) is 18.2 Å². The minimum Gasteiger partial charge on any atom is -0.294 e. The molecule has 0 unspecified atom stereocenters. The van der Waals surface area contributed by atoms with Crippen LogP contribution in [0.4, 0.5) is 10.1 Å². The molecule has 0 aliphatic heterocycles. The maximum atomic E-state index is 12.8. The zero-order chi connectivity index (χ0) is 12.1. The molecule has 1 aromatic rings. The fraction of sp³-hybridized carbons (Fsp3) is 0.300. The Morgan fingerprint density at radius 3 is 2.75 bits per heavy atom. The van der Waals surface area contributed by atoms with Gasteiger partial charge in [0, 0.05) is 12.3 Å². The summed E-state index contributed by atoms with van der Waals surface area (Å²) in [5.41, 5.74) is -0.573. The van der Waals surface area contributed by atoms with E-state index in [9.17, 15) is 19.3 Å². The first kappa shape index (κ1) is 12.6. The summed E-state index contributed by atoms with van der Waals surface area (Å²) in [5, 5.41) is 10.6. The number of halogens is 2. The van der Waals surface area contributed by atoms with Crippen LogP contribution in [0.5, 0.6) is 0 Å². The first-order chi connectivity index (χ1) is 7.56. The van der Waals surface area contributed by atoms with Gasteiger partial charge in [0.15, 0.2) is 5.78 Å². The van der Waals surface area contributed by atoms with Gasteiger partial charge in [-0.15, -0.1) is 11.6 Å². The third-order valence-corrected chi connectivity index (χ3v) is 2.26. The van der Waals surface area contributed by atoms with Crippen LogP contribution < -0.4 is 0 Å². The van der Waals surface area contributed by atoms with Gasteiger partial charge in [0.05, 0.1) is 16.6 Å². The summed E-state index contributed by atoms with van der Waals surface area (Å²) >= 11 is 5.41. The summed E-state index contributed by atoms with van der Waals surface area (Å²) in [6.45, 7) is 0. The Kier molecular flexibility index (Phi) is 4.37. The van der Waals surface area contributed by atoms with Crippen LogP contribution in [0.3, 0.4) is 0 Å². The number of carbonyl (C=O) groups is 1. The van der Waals surface area contributed by atoms with Crippen LogP contribution in [-0.4, -0.2) is 16.6 Å². The predicted molar refractivity (Wildman–Crippen MR) is 57.3 cm³/mol. The highest BCUT2D eigenvalue weighted by molar-refractivity contribution is 6.18. The van der Waals surface area contributed by atoms with Crippen molar-refractivity contribution in [2.45, 2.75) is 12.8 Å². The smallest absolute Gasteiger partial charge is 0.283 e. The highest BCUT2D eigenvalue weighted by atomic mass is 35.5. The number of nitro benzene ring substituents is 1. The normalized spacial score (nSPS) is 10.1. The molecule has 0 N–H and O–H groups in total. The van der Waals surface area contributed by atoms with Gasteiger partial charge < -0.3 is 0 Å². The summed E-state index contributed by atoms with van der Waals surface area (Å²) in [7, 11) is 0. The molecule has 0 bridgehead atoms. The Hall–Kier alpha value is -1.49. The second-order valence-corrected chi connectivity index (χ2v) is 3.51. The number of carbonyl (C=O) groups excluding carboxylic acids is 1. The Morgan fingerprint density at radius 2 is 2.19 bits per heavy atom. The maximum absolute atomic E-state index is 12.8. The van der Waals surface area contributed by atoms with Crippen molar-refractivity contribution in [3.05, 3.63) is 39.7 Å². The van der Waals surface area contributed by atoms with E-state index in [2.05, 4.69) is 0 Å². The molecule has 86 valence electrons. The van der Waals surface area contributed by atoms with Crippen LogP contribution in [0.25, 0.3) is 0 Å². The average Bonchev–Trinajstić information content (AvgIpc) is 2.25. The SMILES string of the molecule is O=C(CCCCl)c1ccc(F)cc1[N+](=O)[O-]. The molecule has 0 radical (unpaired) electrons. The van der Waals surface area contributed by atoms with Crippen molar-refractivity contribution in [2.75, 3.05) is 5.88 Å². The van der Waals surface area contributed by atoms with E-state index >= 15 is 0 Å². The molecule has 0 saturated heterocycles. The van der Waals surface area contributed by atoms with Gasteiger partial charge >= 0.3 is 0 Å². The molecule has 0 aliphatic carbocycles. The Labute approximate surface area is 96.2 Å². The molecule has 0 aliphatic rings. The Balaban J connectivity index is 3.03. The fourth-order valence-electron chi connectivity index (χ4n) is 1.25. The fourth-order valence-corrected chi connectivity index (χ4v) is 1.39. The van der Waals surface area contributed by atoms with Gasteiger partial charge in [0.25, 0.3) is 5.69 Å². The molecule has 16 heavy (non-hydrogen) atoms. The zero-order valence-corrected chi connectivity index (χ0v) is 9.04. The van der Waals surface area contributed by atoms with Gasteiger partial charge in [-0.25, -0.2) is 4.39 Å². The van der Waals surface area contributed by atoms with Crippen LogP contribution in [0.2, 0.25) is 0 Å². The minimum absolute atomic E-state index is 0.0727. The van der Waals surface area contributed by atoms with Crippen LogP contribution in [0, 0.1) is 15.9 Å². The summed E-state index contributed by atoms with van der Waals surface area (Å²) in [4.78, 5) is 21.4. The molecule has 1 aromatic carbocycles. The second kappa shape index (κ2) is 5.55. The van der Waals surface area contributed by atoms with E-state index < -0.39 is 22.2 Å².